The second-order valence-corrected chi connectivity index (χ2v) is 4.20. The number of hydrogen-bond donors (Lipinski definition) is 0. The summed E-state index contributed by atoms with van der Waals surface area (Å²) < 4.78 is 0. The molecule has 0 aliphatic rings. The first-order valence-electron chi connectivity index (χ1n) is 3.72. The molecule has 1 unspecified atom stereocenters. The summed E-state index contributed by atoms with van der Waals surface area (Å²) in [5.41, 5.74) is 1.33. The van der Waals surface area contributed by atoms with E-state index in [9.17, 15) is 0 Å². The van der Waals surface area contributed by atoms with Crippen LogP contribution in [0.15, 0.2) is 29.2 Å². The Kier molecular flexibility index (Phi) is 3.96. The third-order valence-corrected chi connectivity index (χ3v) is 3.16. The van der Waals surface area contributed by atoms with Crippen molar-refractivity contribution in [2.24, 2.45) is 0 Å². The maximum absolute atomic E-state index is 2.74. The normalized spacial score (nSPS) is 10.0. The minimum atomic E-state index is 1.17. The van der Waals surface area contributed by atoms with Crippen molar-refractivity contribution in [1.82, 2.24) is 0 Å². The lowest BCUT2D eigenvalue weighted by Crippen LogP contribution is -1.78. The minimum Gasteiger partial charge on any atom is -0.137 e. The van der Waals surface area contributed by atoms with E-state index in [2.05, 4.69) is 40.4 Å². The molecule has 11 heavy (non-hydrogen) atoms. The first-order chi connectivity index (χ1) is 5.33. The Labute approximate surface area is 75.0 Å². The van der Waals surface area contributed by atoms with Crippen molar-refractivity contribution in [2.75, 3.05) is 11.9 Å². The van der Waals surface area contributed by atoms with Crippen molar-refractivity contribution in [2.45, 2.75) is 11.8 Å². The van der Waals surface area contributed by atoms with Crippen LogP contribution in [0.4, 0.5) is 0 Å². The molecule has 0 fully saturated rings. The summed E-state index contributed by atoms with van der Waals surface area (Å²) in [6.45, 7) is 2.12. The van der Waals surface area contributed by atoms with E-state index in [1.54, 1.807) is 0 Å². The van der Waals surface area contributed by atoms with Gasteiger partial charge in [-0.15, -0.1) is 21.0 Å². The van der Waals surface area contributed by atoms with E-state index in [-0.39, 0.29) is 0 Å². The van der Waals surface area contributed by atoms with Gasteiger partial charge in [-0.25, -0.2) is 0 Å². The van der Waals surface area contributed by atoms with Gasteiger partial charge in [-0.2, -0.15) is 0 Å². The van der Waals surface area contributed by atoms with E-state index in [4.69, 9.17) is 0 Å². The molecule has 0 saturated carbocycles. The van der Waals surface area contributed by atoms with Crippen LogP contribution in [-0.4, -0.2) is 11.9 Å². The molecule has 0 aliphatic carbocycles. The van der Waals surface area contributed by atoms with Crippen molar-refractivity contribution in [1.29, 1.82) is 0 Å². The van der Waals surface area contributed by atoms with Crippen LogP contribution in [0.5, 0.6) is 0 Å². The lowest BCUT2D eigenvalue weighted by Gasteiger charge is -1.98. The van der Waals surface area contributed by atoms with Crippen molar-refractivity contribution in [3.63, 3.8) is 0 Å². The number of thioether (sulfide) groups is 1. The van der Waals surface area contributed by atoms with Gasteiger partial charge in [-0.3, -0.25) is 0 Å². The third-order valence-electron chi connectivity index (χ3n) is 1.41. The van der Waals surface area contributed by atoms with Crippen LogP contribution in [-0.2, 0) is 0 Å². The molecule has 0 aromatic heterocycles. The van der Waals surface area contributed by atoms with E-state index in [1.807, 2.05) is 11.8 Å². The highest BCUT2D eigenvalue weighted by Crippen LogP contribution is 2.18. The van der Waals surface area contributed by atoms with Gasteiger partial charge in [0.15, 0.2) is 0 Å². The summed E-state index contributed by atoms with van der Waals surface area (Å²) in [5, 5.41) is 0. The SMILES string of the molecule is Cc1ccc(SCCP)cc1. The smallest absolute Gasteiger partial charge is 0.00722 e. The third kappa shape index (κ3) is 3.27. The predicted molar refractivity (Wildman–Crippen MR) is 56.5 cm³/mol. The fourth-order valence-electron chi connectivity index (χ4n) is 0.811. The number of aryl methyl sites for hydroxylation is 1. The van der Waals surface area contributed by atoms with Gasteiger partial charge in [0.1, 0.15) is 0 Å². The van der Waals surface area contributed by atoms with E-state index in [0.717, 1.165) is 0 Å². The van der Waals surface area contributed by atoms with Crippen LogP contribution in [0.3, 0.4) is 0 Å². The zero-order valence-electron chi connectivity index (χ0n) is 6.71. The van der Waals surface area contributed by atoms with Gasteiger partial charge in [-0.05, 0) is 25.2 Å². The van der Waals surface area contributed by atoms with Crippen molar-refractivity contribution in [3.05, 3.63) is 29.8 Å². The zero-order chi connectivity index (χ0) is 8.10. The van der Waals surface area contributed by atoms with E-state index >= 15 is 0 Å². The number of benzene rings is 1. The molecule has 0 N–H and O–H groups in total. The van der Waals surface area contributed by atoms with Gasteiger partial charge >= 0.3 is 0 Å². The Bertz CT molecular complexity index is 205. The molecule has 0 spiro atoms. The van der Waals surface area contributed by atoms with E-state index in [0.29, 0.717) is 0 Å². The van der Waals surface area contributed by atoms with Crippen LogP contribution >= 0.6 is 21.0 Å². The lowest BCUT2D eigenvalue weighted by molar-refractivity contribution is 1.37. The Hall–Kier alpha value is -0.0000000000000000555. The summed E-state index contributed by atoms with van der Waals surface area (Å²) in [6, 6.07) is 8.68. The van der Waals surface area contributed by atoms with Gasteiger partial charge in [0.05, 0.1) is 0 Å². The predicted octanol–water partition coefficient (Wildman–Crippen LogP) is 2.96. The second kappa shape index (κ2) is 4.79. The van der Waals surface area contributed by atoms with Crippen LogP contribution < -0.4 is 0 Å². The zero-order valence-corrected chi connectivity index (χ0v) is 8.68. The molecule has 0 radical (unpaired) electrons. The fourth-order valence-corrected chi connectivity index (χ4v) is 1.85. The number of hydrogen-bond acceptors (Lipinski definition) is 1. The molecule has 0 nitrogen and oxygen atoms in total. The maximum atomic E-state index is 2.74. The van der Waals surface area contributed by atoms with Gasteiger partial charge in [-0.1, -0.05) is 17.7 Å². The van der Waals surface area contributed by atoms with Crippen LogP contribution in [0.2, 0.25) is 0 Å². The molecule has 1 aromatic rings. The molecule has 1 rings (SSSR count). The van der Waals surface area contributed by atoms with Crippen molar-refractivity contribution >= 4 is 21.0 Å². The monoisotopic (exact) mass is 184 g/mol. The van der Waals surface area contributed by atoms with E-state index in [1.165, 1.54) is 22.4 Å². The van der Waals surface area contributed by atoms with E-state index < -0.39 is 0 Å². The highest BCUT2D eigenvalue weighted by molar-refractivity contribution is 7.99. The molecular weight excluding hydrogens is 171 g/mol. The molecule has 0 heterocycles. The average molecular weight is 184 g/mol. The van der Waals surface area contributed by atoms with Crippen LogP contribution in [0.1, 0.15) is 5.56 Å². The van der Waals surface area contributed by atoms with Gasteiger partial charge in [0, 0.05) is 10.6 Å². The molecule has 0 saturated heterocycles. The van der Waals surface area contributed by atoms with Crippen molar-refractivity contribution < 1.29 is 0 Å². The van der Waals surface area contributed by atoms with Gasteiger partial charge < -0.3 is 0 Å². The van der Waals surface area contributed by atoms with Crippen LogP contribution in [0.25, 0.3) is 0 Å². The lowest BCUT2D eigenvalue weighted by atomic mass is 10.2. The first kappa shape index (κ1) is 9.09. The van der Waals surface area contributed by atoms with Crippen molar-refractivity contribution in [3.8, 4) is 0 Å². The summed E-state index contributed by atoms with van der Waals surface area (Å²) in [7, 11) is 2.74. The molecule has 2 heteroatoms. The second-order valence-electron chi connectivity index (χ2n) is 2.45. The largest absolute Gasteiger partial charge is 0.137 e. The number of rotatable bonds is 3. The van der Waals surface area contributed by atoms with Gasteiger partial charge in [0.25, 0.3) is 0 Å². The first-order valence-corrected chi connectivity index (χ1v) is 5.52. The molecular formula is C9H13PS. The fraction of sp³-hybridized carbons (Fsp3) is 0.333. The molecule has 60 valence electrons. The quantitative estimate of drug-likeness (QED) is 0.514. The molecule has 1 aromatic carbocycles. The molecule has 1 atom stereocenters. The van der Waals surface area contributed by atoms with Gasteiger partial charge in [0.2, 0.25) is 0 Å². The summed E-state index contributed by atoms with van der Waals surface area (Å²) in [6.07, 6.45) is 1.17. The molecule has 0 amide bonds. The Balaban J connectivity index is 2.52. The minimum absolute atomic E-state index is 1.17. The molecule has 0 bridgehead atoms. The Morgan fingerprint density at radius 3 is 2.45 bits per heavy atom. The van der Waals surface area contributed by atoms with Crippen LogP contribution in [0, 0.1) is 6.92 Å². The standard InChI is InChI=1S/C9H13PS/c1-8-2-4-9(5-3-8)11-7-6-10/h2-5H,6-7,10H2,1H3. The topological polar surface area (TPSA) is 0 Å². The maximum Gasteiger partial charge on any atom is 0.00722 e. The average Bonchev–Trinajstić information content (AvgIpc) is 2.04. The summed E-state index contributed by atoms with van der Waals surface area (Å²) >= 11 is 1.91. The Morgan fingerprint density at radius 1 is 1.27 bits per heavy atom. The highest BCUT2D eigenvalue weighted by atomic mass is 32.2. The molecule has 0 aliphatic heterocycles. The summed E-state index contributed by atoms with van der Waals surface area (Å²) in [5.74, 6) is 1.19. The highest BCUT2D eigenvalue weighted by Gasteiger charge is 1.90. The summed E-state index contributed by atoms with van der Waals surface area (Å²) in [4.78, 5) is 1.37. The Morgan fingerprint density at radius 2 is 1.91 bits per heavy atom.